The molecule has 2 aromatic carbocycles. The predicted molar refractivity (Wildman–Crippen MR) is 185 cm³/mol. The minimum atomic E-state index is -0.122. The maximum atomic E-state index is 10.1. The van der Waals surface area contributed by atoms with Crippen LogP contribution in [0, 0.1) is 0 Å². The van der Waals surface area contributed by atoms with Gasteiger partial charge in [0.15, 0.2) is 5.71 Å². The second-order valence-electron chi connectivity index (χ2n) is 13.4. The SMILES string of the molecule is CCCCC[N+]1=C(C=CC2=C(N)C(=CC=C3N(CCCCSOO[O-])c4ccccc4C3(C)C)CC2)C(C)(C)c2ccccc21. The van der Waals surface area contributed by atoms with Crippen LogP contribution in [0.3, 0.4) is 0 Å². The van der Waals surface area contributed by atoms with Gasteiger partial charge in [0.1, 0.15) is 6.54 Å². The van der Waals surface area contributed by atoms with E-state index in [0.29, 0.717) is 5.75 Å². The van der Waals surface area contributed by atoms with Crippen molar-refractivity contribution >= 4 is 29.1 Å². The number of nitrogens with two attached hydrogens (primary N) is 1. The van der Waals surface area contributed by atoms with Crippen LogP contribution >= 0.6 is 12.0 Å². The van der Waals surface area contributed by atoms with Crippen LogP contribution < -0.4 is 15.9 Å². The summed E-state index contributed by atoms with van der Waals surface area (Å²) in [6.45, 7) is 13.5. The monoisotopic (exact) mass is 627 g/mol. The molecule has 45 heavy (non-hydrogen) atoms. The number of rotatable bonds is 14. The minimum Gasteiger partial charge on any atom is -0.691 e. The van der Waals surface area contributed by atoms with Gasteiger partial charge in [-0.05, 0) is 74.8 Å². The van der Waals surface area contributed by atoms with Crippen LogP contribution in [-0.2, 0) is 20.2 Å². The van der Waals surface area contributed by atoms with Crippen molar-refractivity contribution in [3.8, 4) is 0 Å². The van der Waals surface area contributed by atoms with Gasteiger partial charge in [-0.3, -0.25) is 5.04 Å². The molecule has 2 N–H and O–H groups in total. The lowest BCUT2D eigenvalue weighted by Gasteiger charge is -2.27. The fourth-order valence-corrected chi connectivity index (χ4v) is 7.65. The van der Waals surface area contributed by atoms with Crippen molar-refractivity contribution in [2.75, 3.05) is 23.7 Å². The Bertz CT molecular complexity index is 1530. The quantitative estimate of drug-likeness (QED) is 0.0751. The van der Waals surface area contributed by atoms with Crippen molar-refractivity contribution in [3.05, 3.63) is 107 Å². The van der Waals surface area contributed by atoms with Crippen LogP contribution in [0.4, 0.5) is 11.4 Å². The van der Waals surface area contributed by atoms with E-state index >= 15 is 0 Å². The molecule has 0 radical (unpaired) electrons. The maximum absolute atomic E-state index is 10.1. The summed E-state index contributed by atoms with van der Waals surface area (Å²) in [6.07, 6.45) is 16.6. The molecular weight excluding hydrogens is 579 g/mol. The highest BCUT2D eigenvalue weighted by Gasteiger charge is 2.44. The molecule has 1 aliphatic carbocycles. The number of allylic oxidation sites excluding steroid dienone is 7. The minimum absolute atomic E-state index is 0.0572. The Morgan fingerprint density at radius 3 is 2.44 bits per heavy atom. The van der Waals surface area contributed by atoms with Crippen LogP contribution in [0.2, 0.25) is 0 Å². The molecule has 240 valence electrons. The van der Waals surface area contributed by atoms with Crippen molar-refractivity contribution in [1.29, 1.82) is 0 Å². The first kappa shape index (κ1) is 33.3. The van der Waals surface area contributed by atoms with Crippen LogP contribution in [0.5, 0.6) is 0 Å². The predicted octanol–water partition coefficient (Wildman–Crippen LogP) is 8.08. The van der Waals surface area contributed by atoms with Gasteiger partial charge >= 0.3 is 0 Å². The molecule has 0 bridgehead atoms. The topological polar surface area (TPSA) is 73.8 Å². The second-order valence-corrected chi connectivity index (χ2v) is 14.1. The van der Waals surface area contributed by atoms with Crippen molar-refractivity contribution in [2.24, 2.45) is 5.73 Å². The van der Waals surface area contributed by atoms with Crippen LogP contribution in [-0.4, -0.2) is 29.1 Å². The lowest BCUT2D eigenvalue weighted by Crippen LogP contribution is -2.28. The molecule has 7 heteroatoms. The van der Waals surface area contributed by atoms with Crippen LogP contribution in [0.15, 0.2) is 95.4 Å². The lowest BCUT2D eigenvalue weighted by molar-refractivity contribution is -0.777. The van der Waals surface area contributed by atoms with Crippen molar-refractivity contribution in [1.82, 2.24) is 0 Å². The molecule has 0 saturated carbocycles. The molecule has 0 atom stereocenters. The standard InChI is InChI=1S/C38H49N3O3S/c1-6-7-12-25-40-32-17-10-8-15-30(32)37(2,3)34(40)23-21-28-19-20-29(36(28)39)22-24-35-38(4,5)31-16-9-11-18-33(31)41(35)26-13-14-27-45-44-43-42/h8-11,15-18,21-24,39,42H,6-7,12-14,19-20,25-27H2,1-5H3. The normalized spacial score (nSPS) is 20.4. The molecular formula is C38H49N3O3S. The summed E-state index contributed by atoms with van der Waals surface area (Å²) in [4.78, 5) is 2.45. The molecule has 2 aliphatic heterocycles. The number of benzene rings is 2. The average molecular weight is 628 g/mol. The third-order valence-corrected chi connectivity index (χ3v) is 10.4. The highest BCUT2D eigenvalue weighted by atomic mass is 32.2. The molecule has 0 fully saturated rings. The summed E-state index contributed by atoms with van der Waals surface area (Å²) >= 11 is 1.06. The van der Waals surface area contributed by atoms with Crippen molar-refractivity contribution < 1.29 is 19.2 Å². The molecule has 5 rings (SSSR count). The summed E-state index contributed by atoms with van der Waals surface area (Å²) in [5.74, 6) is 0.709. The van der Waals surface area contributed by atoms with E-state index < -0.39 is 0 Å². The first-order valence-electron chi connectivity index (χ1n) is 16.5. The number of anilines is 1. The molecule has 0 unspecified atom stereocenters. The van der Waals surface area contributed by atoms with E-state index in [9.17, 15) is 5.26 Å². The number of para-hydroxylation sites is 2. The number of fused-ring (bicyclic) bond motifs is 2. The fraction of sp³-hybridized carbons (Fsp3) is 0.447. The zero-order valence-electron chi connectivity index (χ0n) is 27.6. The Morgan fingerprint density at radius 2 is 1.67 bits per heavy atom. The van der Waals surface area contributed by atoms with E-state index in [0.717, 1.165) is 56.5 Å². The van der Waals surface area contributed by atoms with E-state index in [1.54, 1.807) is 0 Å². The van der Waals surface area contributed by atoms with Crippen LogP contribution in [0.25, 0.3) is 0 Å². The van der Waals surface area contributed by atoms with E-state index in [1.807, 2.05) is 0 Å². The van der Waals surface area contributed by atoms with Gasteiger partial charge in [0.25, 0.3) is 0 Å². The summed E-state index contributed by atoms with van der Waals surface area (Å²) in [5.41, 5.74) is 18.0. The smallest absolute Gasteiger partial charge is 0.209 e. The van der Waals surface area contributed by atoms with Crippen LogP contribution in [0.1, 0.15) is 90.7 Å². The Labute approximate surface area is 274 Å². The largest absolute Gasteiger partial charge is 0.691 e. The van der Waals surface area contributed by atoms with Crippen molar-refractivity contribution in [3.63, 3.8) is 0 Å². The molecule has 0 saturated heterocycles. The first-order chi connectivity index (χ1) is 21.7. The molecule has 2 heterocycles. The van der Waals surface area contributed by atoms with E-state index in [1.165, 1.54) is 64.3 Å². The maximum Gasteiger partial charge on any atom is 0.209 e. The van der Waals surface area contributed by atoms with E-state index in [4.69, 9.17) is 5.73 Å². The highest BCUT2D eigenvalue weighted by Crippen LogP contribution is 2.48. The summed E-state index contributed by atoms with van der Waals surface area (Å²) in [7, 11) is 0. The molecule has 3 aliphatic rings. The van der Waals surface area contributed by atoms with Gasteiger partial charge in [0, 0.05) is 71.0 Å². The third kappa shape index (κ3) is 6.87. The van der Waals surface area contributed by atoms with Gasteiger partial charge in [0.05, 0.1) is 5.41 Å². The Kier molecular flexibility index (Phi) is 10.8. The van der Waals surface area contributed by atoms with E-state index in [-0.39, 0.29) is 10.8 Å². The average Bonchev–Trinajstić information content (AvgIpc) is 3.57. The van der Waals surface area contributed by atoms with E-state index in [2.05, 4.69) is 126 Å². The highest BCUT2D eigenvalue weighted by molar-refractivity contribution is 7.94. The summed E-state index contributed by atoms with van der Waals surface area (Å²) < 4.78 is 6.96. The molecule has 2 aromatic rings. The second kappa shape index (κ2) is 14.5. The molecule has 6 nitrogen and oxygen atoms in total. The molecule has 0 aromatic heterocycles. The summed E-state index contributed by atoms with van der Waals surface area (Å²) in [5, 5.41) is 13.5. The Balaban J connectivity index is 1.39. The molecule has 0 amide bonds. The van der Waals surface area contributed by atoms with Gasteiger partial charge < -0.3 is 15.9 Å². The first-order valence-corrected chi connectivity index (χ1v) is 17.4. The summed E-state index contributed by atoms with van der Waals surface area (Å²) in [6, 6.07) is 17.6. The number of nitrogens with zero attached hydrogens (tertiary/aromatic N) is 2. The number of hydrogen-bond acceptors (Lipinski definition) is 6. The van der Waals surface area contributed by atoms with Gasteiger partial charge in [-0.1, -0.05) is 75.7 Å². The van der Waals surface area contributed by atoms with Gasteiger partial charge in [0.2, 0.25) is 5.69 Å². The van der Waals surface area contributed by atoms with Gasteiger partial charge in [-0.15, -0.1) is 0 Å². The van der Waals surface area contributed by atoms with Gasteiger partial charge in [-0.2, -0.15) is 8.91 Å². The number of hydrogen-bond donors (Lipinski definition) is 1. The Hall–Kier alpha value is -3.10. The zero-order chi connectivity index (χ0) is 32.0. The third-order valence-electron chi connectivity index (χ3n) is 9.76. The molecule has 0 spiro atoms. The van der Waals surface area contributed by atoms with Gasteiger partial charge in [-0.25, -0.2) is 0 Å². The fourth-order valence-electron chi connectivity index (χ4n) is 7.22. The number of unbranched alkanes of at least 4 members (excludes halogenated alkanes) is 3. The van der Waals surface area contributed by atoms with Crippen molar-refractivity contribution in [2.45, 2.75) is 90.4 Å². The Morgan fingerprint density at radius 1 is 0.911 bits per heavy atom. The zero-order valence-corrected chi connectivity index (χ0v) is 28.4. The lowest BCUT2D eigenvalue weighted by atomic mass is 9.81.